The molecular formula is C21H30N4O2S. The second-order valence-corrected chi connectivity index (χ2v) is 8.97. The molecule has 152 valence electrons. The van der Waals surface area contributed by atoms with E-state index in [1.165, 1.54) is 6.26 Å². The molecule has 0 aromatic heterocycles. The Kier molecular flexibility index (Phi) is 7.45. The summed E-state index contributed by atoms with van der Waals surface area (Å²) in [5.74, 6) is 0.725. The number of guanidine groups is 1. The van der Waals surface area contributed by atoms with Crippen LogP contribution < -0.4 is 15.5 Å². The summed E-state index contributed by atoms with van der Waals surface area (Å²) in [5.41, 5.74) is 4.04. The van der Waals surface area contributed by atoms with Crippen molar-refractivity contribution in [1.82, 2.24) is 10.6 Å². The van der Waals surface area contributed by atoms with Gasteiger partial charge in [-0.05, 0) is 48.7 Å². The van der Waals surface area contributed by atoms with Crippen LogP contribution in [0.2, 0.25) is 0 Å². The third-order valence-corrected chi connectivity index (χ3v) is 5.55. The monoisotopic (exact) mass is 402 g/mol. The molecule has 0 spiro atoms. The number of nitrogens with zero attached hydrogens (tertiary/aromatic N) is 2. The van der Waals surface area contributed by atoms with Crippen molar-refractivity contribution < 1.29 is 8.42 Å². The topological polar surface area (TPSA) is 73.8 Å². The highest BCUT2D eigenvalue weighted by atomic mass is 32.2. The molecule has 0 aliphatic carbocycles. The van der Waals surface area contributed by atoms with Gasteiger partial charge in [-0.2, -0.15) is 0 Å². The second-order valence-electron chi connectivity index (χ2n) is 6.99. The molecule has 0 bridgehead atoms. The third-order valence-electron chi connectivity index (χ3n) is 4.29. The number of sulfone groups is 1. The van der Waals surface area contributed by atoms with Gasteiger partial charge in [0.25, 0.3) is 0 Å². The van der Waals surface area contributed by atoms with Crippen LogP contribution in [0, 0.1) is 6.92 Å². The summed E-state index contributed by atoms with van der Waals surface area (Å²) in [6, 6.07) is 13.7. The summed E-state index contributed by atoms with van der Waals surface area (Å²) < 4.78 is 23.5. The molecule has 6 nitrogen and oxygen atoms in total. The number of nitrogens with one attached hydrogen (secondary N) is 2. The zero-order valence-corrected chi connectivity index (χ0v) is 18.1. The van der Waals surface area contributed by atoms with Crippen molar-refractivity contribution in [2.75, 3.05) is 31.8 Å². The molecule has 0 heterocycles. The third kappa shape index (κ3) is 6.27. The maximum Gasteiger partial charge on any atom is 0.191 e. The minimum absolute atomic E-state index is 0.373. The molecule has 0 atom stereocenters. The number of benzene rings is 2. The first-order valence-corrected chi connectivity index (χ1v) is 11.2. The van der Waals surface area contributed by atoms with Gasteiger partial charge in [0.2, 0.25) is 0 Å². The Morgan fingerprint density at radius 3 is 2.43 bits per heavy atom. The van der Waals surface area contributed by atoms with E-state index < -0.39 is 9.84 Å². The maximum absolute atomic E-state index is 11.8. The van der Waals surface area contributed by atoms with Crippen LogP contribution in [0.5, 0.6) is 0 Å². The summed E-state index contributed by atoms with van der Waals surface area (Å²) in [7, 11) is 0.839. The Labute approximate surface area is 168 Å². The van der Waals surface area contributed by atoms with Crippen molar-refractivity contribution in [2.24, 2.45) is 4.99 Å². The van der Waals surface area contributed by atoms with Crippen LogP contribution in [0.15, 0.2) is 52.4 Å². The van der Waals surface area contributed by atoms with Crippen molar-refractivity contribution in [2.45, 2.75) is 31.8 Å². The van der Waals surface area contributed by atoms with E-state index in [0.29, 0.717) is 18.0 Å². The maximum atomic E-state index is 11.8. The zero-order valence-electron chi connectivity index (χ0n) is 17.3. The first kappa shape index (κ1) is 21.8. The van der Waals surface area contributed by atoms with Crippen molar-refractivity contribution in [1.29, 1.82) is 0 Å². The molecule has 7 heteroatoms. The molecule has 2 aromatic rings. The number of rotatable bonds is 7. The highest BCUT2D eigenvalue weighted by Crippen LogP contribution is 2.17. The van der Waals surface area contributed by atoms with Crippen molar-refractivity contribution in [3.8, 4) is 0 Å². The molecular weight excluding hydrogens is 372 g/mol. The highest BCUT2D eigenvalue weighted by molar-refractivity contribution is 7.90. The van der Waals surface area contributed by atoms with Crippen LogP contribution in [0.1, 0.15) is 23.6 Å². The molecule has 0 radical (unpaired) electrons. The lowest BCUT2D eigenvalue weighted by molar-refractivity contribution is 0.601. The van der Waals surface area contributed by atoms with Crippen LogP contribution >= 0.6 is 0 Å². The number of hydrogen-bond acceptors (Lipinski definition) is 4. The molecule has 28 heavy (non-hydrogen) atoms. The van der Waals surface area contributed by atoms with Crippen molar-refractivity contribution in [3.63, 3.8) is 0 Å². The normalized spacial score (nSPS) is 12.0. The molecule has 0 saturated carbocycles. The summed E-state index contributed by atoms with van der Waals surface area (Å²) in [5, 5.41) is 6.55. The molecule has 0 fully saturated rings. The Morgan fingerprint density at radius 1 is 1.07 bits per heavy atom. The molecule has 0 aliphatic heterocycles. The summed E-state index contributed by atoms with van der Waals surface area (Å²) >= 11 is 0. The van der Waals surface area contributed by atoms with Crippen LogP contribution in [-0.2, 0) is 22.9 Å². The number of aliphatic imine (C=N–C) groups is 1. The van der Waals surface area contributed by atoms with E-state index in [9.17, 15) is 8.42 Å². The molecule has 2 N–H and O–H groups in total. The van der Waals surface area contributed by atoms with Gasteiger partial charge in [-0.1, -0.05) is 24.3 Å². The van der Waals surface area contributed by atoms with Gasteiger partial charge in [0.15, 0.2) is 15.8 Å². The van der Waals surface area contributed by atoms with Gasteiger partial charge in [-0.15, -0.1) is 0 Å². The fourth-order valence-electron chi connectivity index (χ4n) is 2.87. The predicted octanol–water partition coefficient (Wildman–Crippen LogP) is 2.72. The Hall–Kier alpha value is -2.54. The largest absolute Gasteiger partial charge is 0.378 e. The summed E-state index contributed by atoms with van der Waals surface area (Å²) in [6.07, 6.45) is 1.23. The zero-order chi connectivity index (χ0) is 20.7. The first-order valence-electron chi connectivity index (χ1n) is 9.28. The van der Waals surface area contributed by atoms with E-state index in [-0.39, 0.29) is 0 Å². The Morgan fingerprint density at radius 2 is 1.82 bits per heavy atom. The van der Waals surface area contributed by atoms with Gasteiger partial charge >= 0.3 is 0 Å². The SMILES string of the molecule is CCNC(=NCc1cccc(N(C)C)c1)NCc1ccc(S(C)(=O)=O)c(C)c1. The number of anilines is 1. The lowest BCUT2D eigenvalue weighted by Crippen LogP contribution is -2.36. The smallest absolute Gasteiger partial charge is 0.191 e. The van der Waals surface area contributed by atoms with E-state index >= 15 is 0 Å². The molecule has 0 unspecified atom stereocenters. The van der Waals surface area contributed by atoms with E-state index in [0.717, 1.165) is 34.9 Å². The Bertz CT molecular complexity index is 937. The molecule has 0 saturated heterocycles. The molecule has 2 aromatic carbocycles. The molecule has 0 amide bonds. The van der Waals surface area contributed by atoms with Crippen LogP contribution in [-0.4, -0.2) is 41.3 Å². The minimum Gasteiger partial charge on any atom is -0.378 e. The van der Waals surface area contributed by atoms with Gasteiger partial charge in [-0.25, -0.2) is 13.4 Å². The fourth-order valence-corrected chi connectivity index (χ4v) is 3.83. The average Bonchev–Trinajstić information content (AvgIpc) is 2.63. The van der Waals surface area contributed by atoms with Crippen LogP contribution in [0.4, 0.5) is 5.69 Å². The van der Waals surface area contributed by atoms with Crippen LogP contribution in [0.25, 0.3) is 0 Å². The number of aryl methyl sites for hydroxylation is 1. The fraction of sp³-hybridized carbons (Fsp3) is 0.381. The highest BCUT2D eigenvalue weighted by Gasteiger charge is 2.11. The van der Waals surface area contributed by atoms with E-state index in [4.69, 9.17) is 0 Å². The summed E-state index contributed by atoms with van der Waals surface area (Å²) in [6.45, 7) is 5.74. The lowest BCUT2D eigenvalue weighted by atomic mass is 10.1. The molecule has 0 aliphatic rings. The first-order chi connectivity index (χ1) is 13.2. The molecule has 2 rings (SSSR count). The summed E-state index contributed by atoms with van der Waals surface area (Å²) in [4.78, 5) is 7.10. The van der Waals surface area contributed by atoms with Crippen molar-refractivity contribution in [3.05, 3.63) is 59.2 Å². The average molecular weight is 403 g/mol. The van der Waals surface area contributed by atoms with E-state index in [1.54, 1.807) is 6.07 Å². The van der Waals surface area contributed by atoms with E-state index in [1.807, 2.05) is 46.1 Å². The van der Waals surface area contributed by atoms with Gasteiger partial charge in [0.05, 0.1) is 11.4 Å². The van der Waals surface area contributed by atoms with Gasteiger partial charge in [0.1, 0.15) is 0 Å². The number of hydrogen-bond donors (Lipinski definition) is 2. The van der Waals surface area contributed by atoms with Crippen LogP contribution in [0.3, 0.4) is 0 Å². The van der Waals surface area contributed by atoms with Gasteiger partial charge in [-0.3, -0.25) is 0 Å². The standard InChI is InChI=1S/C21H30N4O2S/c1-6-22-21(23-14-17-8-7-9-19(13-17)25(3)4)24-15-18-10-11-20(16(2)12-18)28(5,26)27/h7-13H,6,14-15H2,1-5H3,(H2,22,23,24). The minimum atomic E-state index is -3.20. The second kappa shape index (κ2) is 9.59. The van der Waals surface area contributed by atoms with Gasteiger partial charge < -0.3 is 15.5 Å². The van der Waals surface area contributed by atoms with E-state index in [2.05, 4.69) is 38.7 Å². The predicted molar refractivity (Wildman–Crippen MR) is 117 cm³/mol. The van der Waals surface area contributed by atoms with Gasteiger partial charge in [0, 0.05) is 39.1 Å². The Balaban J connectivity index is 2.07. The lowest BCUT2D eigenvalue weighted by Gasteiger charge is -2.14. The quantitative estimate of drug-likeness (QED) is 0.550. The van der Waals surface area contributed by atoms with Crippen molar-refractivity contribution >= 4 is 21.5 Å².